The first kappa shape index (κ1) is 17.6. The Balaban J connectivity index is -0.0000000600. The van der Waals surface area contributed by atoms with E-state index in [1.165, 1.54) is 19.9 Å². The molecule has 1 aliphatic carbocycles. The third-order valence-corrected chi connectivity index (χ3v) is 1.83. The van der Waals surface area contributed by atoms with E-state index in [1.54, 1.807) is 0 Å². The zero-order valence-corrected chi connectivity index (χ0v) is 9.07. The van der Waals surface area contributed by atoms with Gasteiger partial charge in [0, 0.05) is 20.0 Å². The molecule has 0 aromatic rings. The van der Waals surface area contributed by atoms with Gasteiger partial charge in [-0.25, -0.2) is 0 Å². The minimum Gasteiger partial charge on any atom is -0.412 e. The van der Waals surface area contributed by atoms with Gasteiger partial charge in [0.15, 0.2) is 0 Å². The fourth-order valence-corrected chi connectivity index (χ4v) is 0.965. The molecule has 2 nitrogen and oxygen atoms in total. The Morgan fingerprint density at radius 1 is 1.45 bits per heavy atom. The zero-order valence-electron chi connectivity index (χ0n) is 7.67. The van der Waals surface area contributed by atoms with Gasteiger partial charge in [0.2, 0.25) is 0 Å². The summed E-state index contributed by atoms with van der Waals surface area (Å²) < 4.78 is 0. The predicted molar refractivity (Wildman–Crippen MR) is 47.7 cm³/mol. The molecule has 1 saturated carbocycles. The molecule has 4 N–H and O–H groups in total. The summed E-state index contributed by atoms with van der Waals surface area (Å²) in [5, 5.41) is 0. The molecule has 0 heterocycles. The number of hydrogen-bond acceptors (Lipinski definition) is 1. The SMILES string of the molecule is CC(C)[C@H]1[CH-]CC1.CN.O.[HH].[V]. The topological polar surface area (TPSA) is 57.5 Å². The maximum atomic E-state index is 4.50. The van der Waals surface area contributed by atoms with E-state index in [0.29, 0.717) is 0 Å². The predicted octanol–water partition coefficient (Wildman–Crippen LogP) is 1.25. The van der Waals surface area contributed by atoms with Crippen LogP contribution in [0, 0.1) is 18.3 Å². The van der Waals surface area contributed by atoms with E-state index in [4.69, 9.17) is 0 Å². The Kier molecular flexibility index (Phi) is 16.8. The molecular formula is C8H22NOV-. The molecule has 0 aliphatic heterocycles. The van der Waals surface area contributed by atoms with Crippen LogP contribution in [0.15, 0.2) is 0 Å². The minimum absolute atomic E-state index is 0. The van der Waals surface area contributed by atoms with Crippen molar-refractivity contribution >= 4 is 0 Å². The second-order valence-corrected chi connectivity index (χ2v) is 2.72. The van der Waals surface area contributed by atoms with Crippen molar-refractivity contribution in [3.63, 3.8) is 0 Å². The summed E-state index contributed by atoms with van der Waals surface area (Å²) in [5.74, 6) is 1.86. The zero-order chi connectivity index (χ0) is 7.28. The number of nitrogens with two attached hydrogens (primary N) is 1. The molecule has 1 radical (unpaired) electrons. The largest absolute Gasteiger partial charge is 0.412 e. The van der Waals surface area contributed by atoms with Crippen LogP contribution in [0.5, 0.6) is 0 Å². The van der Waals surface area contributed by atoms with Crippen LogP contribution in [0.4, 0.5) is 0 Å². The minimum atomic E-state index is 0. The van der Waals surface area contributed by atoms with Gasteiger partial charge in [0.1, 0.15) is 0 Å². The molecule has 1 atom stereocenters. The summed E-state index contributed by atoms with van der Waals surface area (Å²) in [6.45, 7) is 4.58. The van der Waals surface area contributed by atoms with Crippen molar-refractivity contribution in [3.8, 4) is 0 Å². The van der Waals surface area contributed by atoms with Crippen molar-refractivity contribution in [1.29, 1.82) is 0 Å². The molecule has 0 amide bonds. The molecule has 0 aromatic carbocycles. The molecule has 3 heteroatoms. The standard InChI is InChI=1S/C7H13.CH5N.H2O.V.H2/c1-6(2)7-4-3-5-7;1-2;;;/h4,6-7H,3,5H2,1-2H3;2H2,1H3;1H2;;1H/q-1;;;;/t7-;;;;/m0..../s1. The third-order valence-electron chi connectivity index (χ3n) is 1.83. The van der Waals surface area contributed by atoms with Gasteiger partial charge in [-0.05, 0) is 7.05 Å². The van der Waals surface area contributed by atoms with Crippen LogP contribution in [-0.4, -0.2) is 12.5 Å². The van der Waals surface area contributed by atoms with Crippen molar-refractivity contribution < 1.29 is 25.5 Å². The summed E-state index contributed by atoms with van der Waals surface area (Å²) in [6, 6.07) is 0. The number of hydrogen-bond donors (Lipinski definition) is 1. The van der Waals surface area contributed by atoms with Gasteiger partial charge in [-0.1, -0.05) is 19.8 Å². The van der Waals surface area contributed by atoms with Crippen LogP contribution in [0.2, 0.25) is 0 Å². The molecule has 0 bridgehead atoms. The average molecular weight is 199 g/mol. The summed E-state index contributed by atoms with van der Waals surface area (Å²) in [6.07, 6.45) is 5.23. The Labute approximate surface area is 83.6 Å². The van der Waals surface area contributed by atoms with Gasteiger partial charge < -0.3 is 17.6 Å². The summed E-state index contributed by atoms with van der Waals surface area (Å²) in [4.78, 5) is 0. The third kappa shape index (κ3) is 6.89. The summed E-state index contributed by atoms with van der Waals surface area (Å²) in [5.41, 5.74) is 4.50. The van der Waals surface area contributed by atoms with Gasteiger partial charge in [-0.2, -0.15) is 12.3 Å². The molecule has 1 aliphatic rings. The Bertz CT molecular complexity index is 70.1. The molecule has 1 fully saturated rings. The van der Waals surface area contributed by atoms with Gasteiger partial charge in [0.05, 0.1) is 0 Å². The first-order chi connectivity index (χ1) is 4.30. The quantitative estimate of drug-likeness (QED) is 0.635. The van der Waals surface area contributed by atoms with Crippen LogP contribution in [-0.2, 0) is 18.6 Å². The van der Waals surface area contributed by atoms with E-state index in [0.717, 1.165) is 11.8 Å². The van der Waals surface area contributed by atoms with Crippen molar-refractivity contribution in [1.82, 2.24) is 0 Å². The van der Waals surface area contributed by atoms with Crippen LogP contribution in [0.3, 0.4) is 0 Å². The van der Waals surface area contributed by atoms with E-state index >= 15 is 0 Å². The van der Waals surface area contributed by atoms with Crippen molar-refractivity contribution in [2.45, 2.75) is 26.7 Å². The first-order valence-electron chi connectivity index (χ1n) is 3.72. The molecular weight excluding hydrogens is 177 g/mol. The Hall–Kier alpha value is 0.504. The average Bonchev–Trinajstić information content (AvgIpc) is 1.65. The second-order valence-electron chi connectivity index (χ2n) is 2.72. The normalized spacial score (nSPS) is 19.9. The maximum absolute atomic E-state index is 4.50. The summed E-state index contributed by atoms with van der Waals surface area (Å²) in [7, 11) is 1.50. The van der Waals surface area contributed by atoms with Crippen LogP contribution in [0.25, 0.3) is 0 Å². The fraction of sp³-hybridized carbons (Fsp3) is 0.875. The van der Waals surface area contributed by atoms with Crippen molar-refractivity contribution in [3.05, 3.63) is 6.42 Å². The van der Waals surface area contributed by atoms with Crippen LogP contribution < -0.4 is 5.73 Å². The van der Waals surface area contributed by atoms with Crippen molar-refractivity contribution in [2.75, 3.05) is 7.05 Å². The molecule has 71 valence electrons. The van der Waals surface area contributed by atoms with Gasteiger partial charge in [-0.15, -0.1) is 6.42 Å². The Morgan fingerprint density at radius 3 is 1.82 bits per heavy atom. The van der Waals surface area contributed by atoms with Gasteiger partial charge in [0.25, 0.3) is 0 Å². The second kappa shape index (κ2) is 10.5. The number of rotatable bonds is 1. The molecule has 11 heavy (non-hydrogen) atoms. The molecule has 0 aromatic heterocycles. The monoisotopic (exact) mass is 199 g/mol. The van der Waals surface area contributed by atoms with Crippen LogP contribution in [0.1, 0.15) is 28.1 Å². The van der Waals surface area contributed by atoms with E-state index in [9.17, 15) is 0 Å². The first-order valence-corrected chi connectivity index (χ1v) is 3.72. The molecule has 1 rings (SSSR count). The smallest absolute Gasteiger partial charge is 0 e. The van der Waals surface area contributed by atoms with E-state index < -0.39 is 0 Å². The maximum Gasteiger partial charge on any atom is 0 e. The molecule has 0 unspecified atom stereocenters. The fourth-order valence-electron chi connectivity index (χ4n) is 0.965. The van der Waals surface area contributed by atoms with E-state index in [-0.39, 0.29) is 25.5 Å². The van der Waals surface area contributed by atoms with Gasteiger partial charge in [-0.3, -0.25) is 0 Å². The van der Waals surface area contributed by atoms with Crippen molar-refractivity contribution in [2.24, 2.45) is 17.6 Å². The van der Waals surface area contributed by atoms with E-state index in [1.807, 2.05) is 0 Å². The molecule has 0 saturated heterocycles. The van der Waals surface area contributed by atoms with Gasteiger partial charge >= 0.3 is 0 Å². The van der Waals surface area contributed by atoms with E-state index in [2.05, 4.69) is 26.0 Å². The molecule has 0 spiro atoms. The summed E-state index contributed by atoms with van der Waals surface area (Å²) >= 11 is 0. The van der Waals surface area contributed by atoms with Crippen LogP contribution >= 0.6 is 0 Å². The Morgan fingerprint density at radius 2 is 1.82 bits per heavy atom.